The Hall–Kier alpha value is -2.90. The second-order valence-corrected chi connectivity index (χ2v) is 6.51. The largest absolute Gasteiger partial charge is 0.318 e. The van der Waals surface area contributed by atoms with Crippen molar-refractivity contribution in [2.24, 2.45) is 7.05 Å². The number of fused-ring (bicyclic) bond motifs is 2. The Morgan fingerprint density at radius 2 is 1.56 bits per heavy atom. The Kier molecular flexibility index (Phi) is 3.48. The van der Waals surface area contributed by atoms with E-state index in [0.29, 0.717) is 6.54 Å². The van der Waals surface area contributed by atoms with Crippen LogP contribution >= 0.6 is 0 Å². The average molecular weight is 336 g/mol. The first-order valence-corrected chi connectivity index (χ1v) is 8.25. The molecule has 0 aliphatic rings. The Morgan fingerprint density at radius 3 is 2.36 bits per heavy atom. The molecule has 4 aromatic rings. The van der Waals surface area contributed by atoms with E-state index in [2.05, 4.69) is 41.4 Å². The molecule has 0 aliphatic carbocycles. The van der Waals surface area contributed by atoms with Crippen LogP contribution in [0.2, 0.25) is 0 Å². The zero-order chi connectivity index (χ0) is 17.7. The average Bonchev–Trinajstić information content (AvgIpc) is 3.11. The fourth-order valence-electron chi connectivity index (χ4n) is 3.22. The van der Waals surface area contributed by atoms with Gasteiger partial charge in [0.05, 0.1) is 24.0 Å². The van der Waals surface area contributed by atoms with Gasteiger partial charge in [0.1, 0.15) is 22.7 Å². The van der Waals surface area contributed by atoms with Crippen molar-refractivity contribution in [3.8, 4) is 0 Å². The highest BCUT2D eigenvalue weighted by Gasteiger charge is 2.18. The lowest BCUT2D eigenvalue weighted by Gasteiger charge is -2.13. The predicted octanol–water partition coefficient (Wildman–Crippen LogP) is 2.23. The van der Waals surface area contributed by atoms with Crippen LogP contribution in [0.1, 0.15) is 35.9 Å². The van der Waals surface area contributed by atoms with Crippen LogP contribution in [-0.2, 0) is 13.6 Å². The van der Waals surface area contributed by atoms with Gasteiger partial charge in [0.2, 0.25) is 0 Å². The lowest BCUT2D eigenvalue weighted by atomic mass is 10.1. The van der Waals surface area contributed by atoms with Crippen molar-refractivity contribution < 1.29 is 0 Å². The van der Waals surface area contributed by atoms with Crippen LogP contribution in [0.4, 0.5) is 0 Å². The van der Waals surface area contributed by atoms with Crippen LogP contribution in [0, 0.1) is 20.8 Å². The third-order valence-corrected chi connectivity index (χ3v) is 4.39. The molecular formula is C17H20N8. The van der Waals surface area contributed by atoms with Gasteiger partial charge >= 0.3 is 0 Å². The third kappa shape index (κ3) is 2.54. The predicted molar refractivity (Wildman–Crippen MR) is 94.3 cm³/mol. The van der Waals surface area contributed by atoms with Gasteiger partial charge in [-0.2, -0.15) is 0 Å². The first-order valence-electron chi connectivity index (χ1n) is 8.25. The molecule has 4 rings (SSSR count). The number of imidazole rings is 2. The minimum absolute atomic E-state index is 0.145. The molecule has 8 heteroatoms. The summed E-state index contributed by atoms with van der Waals surface area (Å²) in [6.45, 7) is 8.63. The molecule has 0 radical (unpaired) electrons. The molecule has 0 fully saturated rings. The van der Waals surface area contributed by atoms with Gasteiger partial charge in [0, 0.05) is 19.5 Å². The lowest BCUT2D eigenvalue weighted by Crippen LogP contribution is -2.10. The van der Waals surface area contributed by atoms with E-state index in [0.717, 1.165) is 45.4 Å². The second kappa shape index (κ2) is 5.58. The Morgan fingerprint density at radius 1 is 0.880 bits per heavy atom. The summed E-state index contributed by atoms with van der Waals surface area (Å²) in [5.41, 5.74) is 5.27. The van der Waals surface area contributed by atoms with Gasteiger partial charge in [0.15, 0.2) is 11.3 Å². The van der Waals surface area contributed by atoms with Crippen molar-refractivity contribution in [1.82, 2.24) is 39.0 Å². The number of rotatable bonds is 3. The van der Waals surface area contributed by atoms with Crippen molar-refractivity contribution in [2.75, 3.05) is 0 Å². The molecule has 0 aliphatic heterocycles. The minimum Gasteiger partial charge on any atom is -0.318 e. The van der Waals surface area contributed by atoms with Gasteiger partial charge in [-0.25, -0.2) is 29.9 Å². The summed E-state index contributed by atoms with van der Waals surface area (Å²) in [6.07, 6.45) is 3.60. The molecule has 8 nitrogen and oxygen atoms in total. The van der Waals surface area contributed by atoms with Crippen LogP contribution in [0.25, 0.3) is 22.3 Å². The van der Waals surface area contributed by atoms with E-state index in [9.17, 15) is 0 Å². The Labute approximate surface area is 145 Å². The SMILES string of the molecule is Cc1nc([C@@H](C)Cn2cnc3c(C)nc(C)nc32)c2ncn(C)c2n1. The van der Waals surface area contributed by atoms with Gasteiger partial charge in [-0.15, -0.1) is 0 Å². The lowest BCUT2D eigenvalue weighted by molar-refractivity contribution is 0.594. The van der Waals surface area contributed by atoms with Crippen LogP contribution in [-0.4, -0.2) is 39.0 Å². The molecule has 0 unspecified atom stereocenters. The molecule has 0 bridgehead atoms. The number of hydrogen-bond acceptors (Lipinski definition) is 6. The molecule has 4 heterocycles. The maximum Gasteiger partial charge on any atom is 0.163 e. The molecule has 4 aromatic heterocycles. The van der Waals surface area contributed by atoms with E-state index in [4.69, 9.17) is 0 Å². The van der Waals surface area contributed by atoms with Crippen LogP contribution in [0.15, 0.2) is 12.7 Å². The van der Waals surface area contributed by atoms with Gasteiger partial charge in [-0.3, -0.25) is 0 Å². The molecule has 1 atom stereocenters. The number of aryl methyl sites for hydroxylation is 4. The summed E-state index contributed by atoms with van der Waals surface area (Å²) in [6, 6.07) is 0. The zero-order valence-electron chi connectivity index (χ0n) is 15.0. The number of nitrogens with zero attached hydrogens (tertiary/aromatic N) is 8. The summed E-state index contributed by atoms with van der Waals surface area (Å²) in [5, 5.41) is 0. The topological polar surface area (TPSA) is 87.2 Å². The molecule has 128 valence electrons. The van der Waals surface area contributed by atoms with Crippen molar-refractivity contribution in [1.29, 1.82) is 0 Å². The van der Waals surface area contributed by atoms with Crippen molar-refractivity contribution in [3.63, 3.8) is 0 Å². The summed E-state index contributed by atoms with van der Waals surface area (Å²) in [7, 11) is 1.95. The van der Waals surface area contributed by atoms with E-state index >= 15 is 0 Å². The second-order valence-electron chi connectivity index (χ2n) is 6.51. The summed E-state index contributed by atoms with van der Waals surface area (Å²) >= 11 is 0. The highest BCUT2D eigenvalue weighted by Crippen LogP contribution is 2.24. The third-order valence-electron chi connectivity index (χ3n) is 4.39. The van der Waals surface area contributed by atoms with Gasteiger partial charge in [0.25, 0.3) is 0 Å². The van der Waals surface area contributed by atoms with E-state index in [1.54, 1.807) is 6.33 Å². The number of hydrogen-bond donors (Lipinski definition) is 0. The molecule has 0 N–H and O–H groups in total. The van der Waals surface area contributed by atoms with Gasteiger partial charge < -0.3 is 9.13 Å². The number of aromatic nitrogens is 8. The zero-order valence-corrected chi connectivity index (χ0v) is 15.0. The van der Waals surface area contributed by atoms with Gasteiger partial charge in [-0.1, -0.05) is 6.92 Å². The maximum atomic E-state index is 4.66. The van der Waals surface area contributed by atoms with E-state index in [1.165, 1.54) is 0 Å². The fraction of sp³-hybridized carbons (Fsp3) is 0.412. The van der Waals surface area contributed by atoms with Crippen molar-refractivity contribution in [3.05, 3.63) is 35.7 Å². The summed E-state index contributed by atoms with van der Waals surface area (Å²) < 4.78 is 3.99. The smallest absolute Gasteiger partial charge is 0.163 e. The van der Waals surface area contributed by atoms with Crippen LogP contribution in [0.3, 0.4) is 0 Å². The van der Waals surface area contributed by atoms with E-state index < -0.39 is 0 Å². The molecule has 0 saturated heterocycles. The minimum atomic E-state index is 0.145. The van der Waals surface area contributed by atoms with E-state index in [-0.39, 0.29) is 5.92 Å². The van der Waals surface area contributed by atoms with Crippen LogP contribution in [0.5, 0.6) is 0 Å². The van der Waals surface area contributed by atoms with E-state index in [1.807, 2.05) is 38.7 Å². The summed E-state index contributed by atoms with van der Waals surface area (Å²) in [4.78, 5) is 27.1. The fourth-order valence-corrected chi connectivity index (χ4v) is 3.22. The van der Waals surface area contributed by atoms with Crippen molar-refractivity contribution >= 4 is 22.3 Å². The van der Waals surface area contributed by atoms with Gasteiger partial charge in [-0.05, 0) is 20.8 Å². The normalized spacial score (nSPS) is 13.0. The first kappa shape index (κ1) is 15.6. The molecule has 0 spiro atoms. The monoisotopic (exact) mass is 336 g/mol. The molecular weight excluding hydrogens is 316 g/mol. The van der Waals surface area contributed by atoms with Crippen LogP contribution < -0.4 is 0 Å². The highest BCUT2D eigenvalue weighted by molar-refractivity contribution is 5.74. The molecule has 0 amide bonds. The Balaban J connectivity index is 1.77. The standard InChI is InChI=1S/C17H20N8/c1-9(13-15-16(22-12(4)21-13)24(5)7-18-15)6-25-8-19-14-10(2)20-11(3)23-17(14)25/h7-9H,6H2,1-5H3/t9-/m0/s1. The molecule has 0 aromatic carbocycles. The maximum absolute atomic E-state index is 4.66. The quantitative estimate of drug-likeness (QED) is 0.570. The summed E-state index contributed by atoms with van der Waals surface area (Å²) in [5.74, 6) is 1.65. The Bertz CT molecular complexity index is 1090. The highest BCUT2D eigenvalue weighted by atomic mass is 15.1. The van der Waals surface area contributed by atoms with Crippen molar-refractivity contribution in [2.45, 2.75) is 40.2 Å². The first-order chi connectivity index (χ1) is 11.9. The molecule has 0 saturated carbocycles. The molecule has 25 heavy (non-hydrogen) atoms.